The first-order valence-electron chi connectivity index (χ1n) is 22.2. The van der Waals surface area contributed by atoms with Gasteiger partial charge in [0.1, 0.15) is 12.7 Å². The second kappa shape index (κ2) is 35.2. The van der Waals surface area contributed by atoms with Crippen LogP contribution in [-0.4, -0.2) is 82.6 Å². The van der Waals surface area contributed by atoms with Crippen LogP contribution < -0.4 is 0 Å². The minimum atomic E-state index is -4.86. The second-order valence-electron chi connectivity index (χ2n) is 15.4. The van der Waals surface area contributed by atoms with E-state index in [1.54, 1.807) is 0 Å². The fourth-order valence-corrected chi connectivity index (χ4v) is 7.39. The fourth-order valence-electron chi connectivity index (χ4n) is 6.23. The molecule has 4 N–H and O–H groups in total. The van der Waals surface area contributed by atoms with Crippen molar-refractivity contribution in [3.8, 4) is 0 Å². The van der Waals surface area contributed by atoms with Crippen molar-refractivity contribution >= 4 is 27.6 Å². The van der Waals surface area contributed by atoms with E-state index in [9.17, 15) is 28.7 Å². The number of epoxide rings is 1. The van der Waals surface area contributed by atoms with Gasteiger partial charge in [0.15, 0.2) is 6.10 Å². The van der Waals surface area contributed by atoms with Crippen LogP contribution >= 0.6 is 15.6 Å². The standard InChI is InChI=1S/C42H78O14P2/c1-3-5-7-8-9-10-11-12-13-14-15-16-20-23-27-31-41(44)51-35-38(36-54-58(49,50)53-34-37(43)33-52-57(46,47)48)55-42(45)32-28-24-21-18-17-19-22-26-30-40-39(56-40)29-25-6-4-2/h10-11,22,26,37-40,43H,3-9,12-21,23-25,27-36H2,1-2H3,(H,49,50)(H2,46,47,48)/b11-10-,26-22-/t37-,38+,39?,40?/m0/s1. The molecule has 0 aliphatic carbocycles. The number of ether oxygens (including phenoxy) is 3. The number of allylic oxidation sites excluding steroid dienone is 3. The minimum absolute atomic E-state index is 0.111. The van der Waals surface area contributed by atoms with Crippen LogP contribution in [0.1, 0.15) is 181 Å². The summed E-state index contributed by atoms with van der Waals surface area (Å²) >= 11 is 0. The lowest BCUT2D eigenvalue weighted by Crippen LogP contribution is -2.30. The average Bonchev–Trinajstić information content (AvgIpc) is 3.94. The van der Waals surface area contributed by atoms with Crippen molar-refractivity contribution in [1.29, 1.82) is 0 Å². The third kappa shape index (κ3) is 35.3. The van der Waals surface area contributed by atoms with Crippen LogP contribution in [0.5, 0.6) is 0 Å². The lowest BCUT2D eigenvalue weighted by atomic mass is 10.1. The number of unbranched alkanes of at least 4 members (excludes halogenated alkanes) is 18. The fraction of sp³-hybridized carbons (Fsp3) is 0.857. The maximum absolute atomic E-state index is 12.7. The minimum Gasteiger partial charge on any atom is -0.462 e. The Morgan fingerprint density at radius 3 is 1.66 bits per heavy atom. The van der Waals surface area contributed by atoms with Crippen molar-refractivity contribution in [2.24, 2.45) is 0 Å². The highest BCUT2D eigenvalue weighted by Gasteiger charge is 2.36. The number of aliphatic hydroxyl groups excluding tert-OH is 1. The van der Waals surface area contributed by atoms with Crippen molar-refractivity contribution < 1.29 is 66.3 Å². The van der Waals surface area contributed by atoms with Crippen LogP contribution in [-0.2, 0) is 46.5 Å². The van der Waals surface area contributed by atoms with Crippen molar-refractivity contribution in [2.45, 2.75) is 205 Å². The third-order valence-corrected chi connectivity index (χ3v) is 11.2. The highest BCUT2D eigenvalue weighted by atomic mass is 31.2. The van der Waals surface area contributed by atoms with Crippen molar-refractivity contribution in [1.82, 2.24) is 0 Å². The summed E-state index contributed by atoms with van der Waals surface area (Å²) in [5, 5.41) is 9.75. The third-order valence-electron chi connectivity index (χ3n) is 9.73. The van der Waals surface area contributed by atoms with Gasteiger partial charge in [0, 0.05) is 12.8 Å². The van der Waals surface area contributed by atoms with Crippen LogP contribution in [0.3, 0.4) is 0 Å². The molecular weight excluding hydrogens is 790 g/mol. The summed E-state index contributed by atoms with van der Waals surface area (Å²) < 4.78 is 53.5. The summed E-state index contributed by atoms with van der Waals surface area (Å²) in [7, 11) is -9.68. The number of phosphoric acid groups is 2. The van der Waals surface area contributed by atoms with Crippen molar-refractivity contribution in [2.75, 3.05) is 26.4 Å². The number of hydrogen-bond acceptors (Lipinski definition) is 11. The van der Waals surface area contributed by atoms with Crippen LogP contribution in [0.2, 0.25) is 0 Å². The smallest absolute Gasteiger partial charge is 0.462 e. The Labute approximate surface area is 349 Å². The largest absolute Gasteiger partial charge is 0.472 e. The zero-order valence-electron chi connectivity index (χ0n) is 35.6. The molecular formula is C42H78O14P2. The highest BCUT2D eigenvalue weighted by molar-refractivity contribution is 7.47. The molecule has 16 heteroatoms. The maximum atomic E-state index is 12.7. The monoisotopic (exact) mass is 868 g/mol. The number of aliphatic hydroxyl groups is 1. The van der Waals surface area contributed by atoms with Gasteiger partial charge in [0.25, 0.3) is 0 Å². The Hall–Kier alpha value is -1.44. The SMILES string of the molecule is CCCCCC/C=C\CCCCCCCCCC(=O)OC[C@H](COP(=O)(O)OC[C@@H](O)COP(=O)(O)O)OC(=O)CCCCCCC/C=C\CC1OC1CCCCC. The molecule has 340 valence electrons. The van der Waals surface area contributed by atoms with E-state index < -0.39 is 66.2 Å². The summed E-state index contributed by atoms with van der Waals surface area (Å²) in [6.07, 6.45) is 33.3. The molecule has 0 amide bonds. The van der Waals surface area contributed by atoms with Gasteiger partial charge in [-0.05, 0) is 64.2 Å². The Balaban J connectivity index is 2.35. The van der Waals surface area contributed by atoms with Gasteiger partial charge in [-0.15, -0.1) is 0 Å². The van der Waals surface area contributed by atoms with E-state index >= 15 is 0 Å². The summed E-state index contributed by atoms with van der Waals surface area (Å²) in [6, 6.07) is 0. The highest BCUT2D eigenvalue weighted by Crippen LogP contribution is 2.44. The molecule has 0 bridgehead atoms. The Kier molecular flexibility index (Phi) is 33.1. The summed E-state index contributed by atoms with van der Waals surface area (Å²) in [6.45, 7) is 1.70. The average molecular weight is 869 g/mol. The maximum Gasteiger partial charge on any atom is 0.472 e. The van der Waals surface area contributed by atoms with E-state index in [1.807, 2.05) is 0 Å². The van der Waals surface area contributed by atoms with Gasteiger partial charge in [-0.2, -0.15) is 0 Å². The second-order valence-corrected chi connectivity index (χ2v) is 18.0. The van der Waals surface area contributed by atoms with Gasteiger partial charge in [-0.1, -0.05) is 128 Å². The van der Waals surface area contributed by atoms with Gasteiger partial charge in [-0.3, -0.25) is 23.2 Å². The molecule has 1 heterocycles. The molecule has 58 heavy (non-hydrogen) atoms. The molecule has 1 aliphatic rings. The number of esters is 2. The number of hydrogen-bond donors (Lipinski definition) is 4. The lowest BCUT2D eigenvalue weighted by molar-refractivity contribution is -0.161. The molecule has 14 nitrogen and oxygen atoms in total. The molecule has 1 saturated heterocycles. The molecule has 0 radical (unpaired) electrons. The van der Waals surface area contributed by atoms with E-state index in [4.69, 9.17) is 28.5 Å². The molecule has 1 aliphatic heterocycles. The summed E-state index contributed by atoms with van der Waals surface area (Å²) in [5.41, 5.74) is 0. The molecule has 1 rings (SSSR count). The predicted molar refractivity (Wildman–Crippen MR) is 225 cm³/mol. The molecule has 0 spiro atoms. The lowest BCUT2D eigenvalue weighted by Gasteiger charge is -2.20. The van der Waals surface area contributed by atoms with E-state index in [1.165, 1.54) is 64.2 Å². The first kappa shape index (κ1) is 54.6. The van der Waals surface area contributed by atoms with Gasteiger partial charge in [0.05, 0.1) is 32.0 Å². The van der Waals surface area contributed by atoms with Crippen molar-refractivity contribution in [3.05, 3.63) is 24.3 Å². The zero-order valence-corrected chi connectivity index (χ0v) is 37.4. The van der Waals surface area contributed by atoms with E-state index in [0.29, 0.717) is 25.0 Å². The quantitative estimate of drug-likeness (QED) is 0.0148. The first-order chi connectivity index (χ1) is 27.8. The van der Waals surface area contributed by atoms with E-state index in [-0.39, 0.29) is 12.8 Å². The topological polar surface area (TPSA) is 208 Å². The molecule has 3 unspecified atom stereocenters. The zero-order chi connectivity index (χ0) is 42.7. The normalized spacial score (nSPS) is 17.8. The molecule has 1 fully saturated rings. The van der Waals surface area contributed by atoms with Crippen LogP contribution in [0.4, 0.5) is 0 Å². The predicted octanol–water partition coefficient (Wildman–Crippen LogP) is 10.1. The number of phosphoric ester groups is 2. The van der Waals surface area contributed by atoms with E-state index in [0.717, 1.165) is 77.0 Å². The number of rotatable bonds is 41. The van der Waals surface area contributed by atoms with Crippen LogP contribution in [0.25, 0.3) is 0 Å². The molecule has 5 atom stereocenters. The van der Waals surface area contributed by atoms with Gasteiger partial charge < -0.3 is 34.0 Å². The Bertz CT molecular complexity index is 1190. The Morgan fingerprint density at radius 2 is 1.07 bits per heavy atom. The van der Waals surface area contributed by atoms with Gasteiger partial charge in [-0.25, -0.2) is 9.13 Å². The molecule has 0 saturated carbocycles. The van der Waals surface area contributed by atoms with Crippen LogP contribution in [0.15, 0.2) is 24.3 Å². The van der Waals surface area contributed by atoms with Gasteiger partial charge >= 0.3 is 27.6 Å². The summed E-state index contributed by atoms with van der Waals surface area (Å²) in [5.74, 6) is -1.05. The molecule has 0 aromatic rings. The molecule has 0 aromatic carbocycles. The van der Waals surface area contributed by atoms with Gasteiger partial charge in [0.2, 0.25) is 0 Å². The van der Waals surface area contributed by atoms with Crippen molar-refractivity contribution in [3.63, 3.8) is 0 Å². The molecule has 0 aromatic heterocycles. The van der Waals surface area contributed by atoms with Crippen LogP contribution in [0, 0.1) is 0 Å². The Morgan fingerprint density at radius 1 is 0.586 bits per heavy atom. The number of carbonyl (C=O) groups is 2. The van der Waals surface area contributed by atoms with E-state index in [2.05, 4.69) is 47.2 Å². The first-order valence-corrected chi connectivity index (χ1v) is 25.2. The summed E-state index contributed by atoms with van der Waals surface area (Å²) in [4.78, 5) is 52.7. The number of carbonyl (C=O) groups excluding carboxylic acids is 2.